The van der Waals surface area contributed by atoms with Gasteiger partial charge in [-0.05, 0) is 163 Å². The Labute approximate surface area is 413 Å². The molecule has 0 aromatic heterocycles. The lowest BCUT2D eigenvalue weighted by atomic mass is 9.33. The summed E-state index contributed by atoms with van der Waals surface area (Å²) in [6, 6.07) is 49.5. The highest BCUT2D eigenvalue weighted by Crippen LogP contribution is 2.52. The second-order valence-electron chi connectivity index (χ2n) is 22.9. The van der Waals surface area contributed by atoms with E-state index < -0.39 is 6.04 Å². The number of benzene rings is 8. The minimum Gasteiger partial charge on any atom is -0.311 e. The smallest absolute Gasteiger partial charge is 0.252 e. The van der Waals surface area contributed by atoms with Crippen LogP contribution in [0.2, 0.25) is 0 Å². The van der Waals surface area contributed by atoms with Crippen molar-refractivity contribution in [3.8, 4) is 11.1 Å². The quantitative estimate of drug-likeness (QED) is 0.159. The Bertz CT molecular complexity index is 3550. The van der Waals surface area contributed by atoms with Crippen molar-refractivity contribution < 1.29 is 6.85 Å². The Morgan fingerprint density at radius 1 is 0.471 bits per heavy atom. The predicted molar refractivity (Wildman–Crippen MR) is 294 cm³/mol. The third kappa shape index (κ3) is 7.01. The lowest BCUT2D eigenvalue weighted by Gasteiger charge is -2.45. The van der Waals surface area contributed by atoms with Crippen LogP contribution in [0.3, 0.4) is 0 Å². The summed E-state index contributed by atoms with van der Waals surface area (Å²) in [6.07, 6.45) is 0. The van der Waals surface area contributed by atoms with E-state index in [1.165, 1.54) is 44.3 Å². The van der Waals surface area contributed by atoms with Crippen molar-refractivity contribution in [2.75, 3.05) is 14.7 Å². The van der Waals surface area contributed by atoms with Crippen LogP contribution in [0, 0.1) is 6.92 Å². The van der Waals surface area contributed by atoms with Crippen LogP contribution in [0.1, 0.15) is 116 Å². The van der Waals surface area contributed by atoms with Crippen LogP contribution in [0.25, 0.3) is 11.1 Å². The number of rotatable bonds is 5. The zero-order chi connectivity index (χ0) is 52.0. The molecular weight excluding hydrogens is 822 g/mol. The van der Waals surface area contributed by atoms with Gasteiger partial charge in [-0.2, -0.15) is 0 Å². The first-order valence-corrected chi connectivity index (χ1v) is 24.2. The van der Waals surface area contributed by atoms with Gasteiger partial charge in [0.2, 0.25) is 0 Å². The summed E-state index contributed by atoms with van der Waals surface area (Å²) < 4.78 is 45.2. The Morgan fingerprint density at radius 2 is 1.03 bits per heavy atom. The van der Waals surface area contributed by atoms with Gasteiger partial charge in [-0.3, -0.25) is 0 Å². The summed E-state index contributed by atoms with van der Waals surface area (Å²) in [7, 11) is 0. The van der Waals surface area contributed by atoms with Crippen molar-refractivity contribution in [2.24, 2.45) is 0 Å². The maximum Gasteiger partial charge on any atom is 0.252 e. The van der Waals surface area contributed by atoms with Gasteiger partial charge >= 0.3 is 0 Å². The highest BCUT2D eigenvalue weighted by molar-refractivity contribution is 7.00. The van der Waals surface area contributed by atoms with Gasteiger partial charge < -0.3 is 14.7 Å². The summed E-state index contributed by atoms with van der Waals surface area (Å²) in [5.74, 6) is 0. The monoisotopic (exact) mass is 891 g/mol. The second kappa shape index (κ2) is 15.4. The molecule has 11 rings (SSSR count). The SMILES string of the molecule is [2H]c1c([2H])c([2H])c(N(c2ccc(C(C)(C)C)cc2)c2ccc3c(c2)N(c2ccc4c(c2)C(C)(C)c2ccccc2-4)c2cc(C)cc4c2B3c2cc(C(C)(C)C)ccc2N4c2ccc(C(C)(C)C)cc2)c([2H])c1[2H]. The summed E-state index contributed by atoms with van der Waals surface area (Å²) in [5.41, 5.74) is 20.7. The summed E-state index contributed by atoms with van der Waals surface area (Å²) in [5, 5.41) is 0. The molecule has 2 heterocycles. The van der Waals surface area contributed by atoms with Crippen molar-refractivity contribution in [1.82, 2.24) is 0 Å². The van der Waals surface area contributed by atoms with E-state index in [2.05, 4.69) is 220 Å². The Hall–Kier alpha value is -6.78. The normalized spacial score (nSPS) is 15.5. The predicted octanol–water partition coefficient (Wildman–Crippen LogP) is 15.7. The van der Waals surface area contributed by atoms with Crippen molar-refractivity contribution in [1.29, 1.82) is 0 Å². The lowest BCUT2D eigenvalue weighted by molar-refractivity contribution is 0.590. The second-order valence-corrected chi connectivity index (χ2v) is 22.9. The van der Waals surface area contributed by atoms with E-state index in [0.717, 1.165) is 50.7 Å². The zero-order valence-electron chi connectivity index (χ0n) is 46.7. The van der Waals surface area contributed by atoms with E-state index in [0.29, 0.717) is 11.4 Å². The molecule has 0 spiro atoms. The maximum atomic E-state index is 9.40. The van der Waals surface area contributed by atoms with Gasteiger partial charge in [-0.25, -0.2) is 0 Å². The van der Waals surface area contributed by atoms with Gasteiger partial charge in [0.05, 0.1) is 6.85 Å². The summed E-state index contributed by atoms with van der Waals surface area (Å²) in [6.45, 7) is 26.8. The number of anilines is 9. The number of fused-ring (bicyclic) bond motifs is 7. The third-order valence-electron chi connectivity index (χ3n) is 14.8. The van der Waals surface area contributed by atoms with E-state index in [9.17, 15) is 2.74 Å². The fourth-order valence-corrected chi connectivity index (χ4v) is 11.1. The average molecular weight is 891 g/mol. The van der Waals surface area contributed by atoms with E-state index >= 15 is 0 Å². The third-order valence-corrected chi connectivity index (χ3v) is 14.8. The van der Waals surface area contributed by atoms with Gasteiger partial charge in [0, 0.05) is 56.6 Å². The van der Waals surface area contributed by atoms with Crippen molar-refractivity contribution in [3.05, 3.63) is 203 Å². The molecule has 0 unspecified atom stereocenters. The average Bonchev–Trinajstić information content (AvgIpc) is 3.57. The molecule has 0 radical (unpaired) electrons. The van der Waals surface area contributed by atoms with Gasteiger partial charge in [-0.15, -0.1) is 0 Å². The first-order valence-electron chi connectivity index (χ1n) is 26.7. The fraction of sp³-hybridized carbons (Fsp3) is 0.250. The molecule has 8 aromatic rings. The molecule has 0 atom stereocenters. The number of hydrogen-bond donors (Lipinski definition) is 0. The molecule has 4 heteroatoms. The fourth-order valence-electron chi connectivity index (χ4n) is 11.1. The van der Waals surface area contributed by atoms with Crippen LogP contribution in [-0.4, -0.2) is 6.71 Å². The highest BCUT2D eigenvalue weighted by Gasteiger charge is 2.45. The molecule has 3 nitrogen and oxygen atoms in total. The summed E-state index contributed by atoms with van der Waals surface area (Å²) >= 11 is 0. The molecule has 2 aliphatic heterocycles. The van der Waals surface area contributed by atoms with Crippen LogP contribution < -0.4 is 31.1 Å². The number of aryl methyl sites for hydroxylation is 1. The molecular formula is C64H64BN3. The summed E-state index contributed by atoms with van der Waals surface area (Å²) in [4.78, 5) is 6.76. The Balaban J connectivity index is 1.22. The molecule has 3 aliphatic rings. The van der Waals surface area contributed by atoms with Gasteiger partial charge in [0.25, 0.3) is 6.71 Å². The van der Waals surface area contributed by atoms with Crippen LogP contribution >= 0.6 is 0 Å². The Kier molecular flexibility index (Phi) is 8.64. The first kappa shape index (κ1) is 38.2. The Morgan fingerprint density at radius 3 is 1.68 bits per heavy atom. The molecule has 8 aromatic carbocycles. The highest BCUT2D eigenvalue weighted by atomic mass is 15.2. The minimum absolute atomic E-state index is 0.00358. The van der Waals surface area contributed by atoms with E-state index in [-0.39, 0.29) is 58.2 Å². The topological polar surface area (TPSA) is 9.72 Å². The van der Waals surface area contributed by atoms with Gasteiger partial charge in [0.1, 0.15) is 0 Å². The molecule has 0 fully saturated rings. The largest absolute Gasteiger partial charge is 0.311 e. The first-order chi connectivity index (χ1) is 34.4. The standard InChI is InChI=1S/C64H64BN3/c1-41-36-58-60-59(37-41)68(48-31-33-51-50-20-16-17-21-52(50)64(11,12)53(51)39-48)57-40-49(66(45-18-14-13-15-19-45)46-27-22-42(23-28-46)61(2,3)4)32-34-54(57)65(60)55-38-44(63(8,9)10)26-35-56(55)67(58)47-29-24-43(25-30-47)62(5,6)7/h13-40H,1-12H3/i13D,14D,15D,18D,19D. The van der Waals surface area contributed by atoms with E-state index in [1.807, 2.05) is 17.0 Å². The number of nitrogens with zero attached hydrogens (tertiary/aromatic N) is 3. The molecule has 338 valence electrons. The minimum atomic E-state index is -0.423. The van der Waals surface area contributed by atoms with Crippen LogP contribution in [-0.2, 0) is 21.7 Å². The molecule has 1 aliphatic carbocycles. The van der Waals surface area contributed by atoms with E-state index in [1.54, 1.807) is 0 Å². The van der Waals surface area contributed by atoms with Crippen LogP contribution in [0.15, 0.2) is 170 Å². The molecule has 0 saturated carbocycles. The van der Waals surface area contributed by atoms with E-state index in [4.69, 9.17) is 4.11 Å². The van der Waals surface area contributed by atoms with Crippen LogP contribution in [0.5, 0.6) is 0 Å². The zero-order valence-corrected chi connectivity index (χ0v) is 41.7. The molecule has 0 bridgehead atoms. The number of hydrogen-bond acceptors (Lipinski definition) is 3. The molecule has 68 heavy (non-hydrogen) atoms. The van der Waals surface area contributed by atoms with Crippen LogP contribution in [0.4, 0.5) is 51.2 Å². The number of para-hydroxylation sites is 1. The van der Waals surface area contributed by atoms with Gasteiger partial charge in [0.15, 0.2) is 0 Å². The van der Waals surface area contributed by atoms with Crippen molar-refractivity contribution in [2.45, 2.75) is 105 Å². The molecule has 0 N–H and O–H groups in total. The lowest BCUT2D eigenvalue weighted by Crippen LogP contribution is -2.61. The van der Waals surface area contributed by atoms with Crippen molar-refractivity contribution in [3.63, 3.8) is 0 Å². The maximum absolute atomic E-state index is 9.40. The van der Waals surface area contributed by atoms with Gasteiger partial charge in [-0.1, -0.05) is 167 Å². The molecule has 0 amide bonds. The molecule has 0 saturated heterocycles. The van der Waals surface area contributed by atoms with Crippen molar-refractivity contribution >= 4 is 74.3 Å².